The van der Waals surface area contributed by atoms with Crippen LogP contribution in [-0.2, 0) is 25.7 Å². The van der Waals surface area contributed by atoms with E-state index < -0.39 is 0 Å². The molecule has 0 fully saturated rings. The van der Waals surface area contributed by atoms with Gasteiger partial charge < -0.3 is 9.47 Å². The maximum absolute atomic E-state index is 6.35. The van der Waals surface area contributed by atoms with Crippen molar-refractivity contribution in [3.8, 4) is 22.6 Å². The molecule has 5 rings (SSSR count). The lowest BCUT2D eigenvalue weighted by Gasteiger charge is -2.27. The van der Waals surface area contributed by atoms with Gasteiger partial charge in [0, 0.05) is 17.0 Å². The van der Waals surface area contributed by atoms with Gasteiger partial charge in [-0.1, -0.05) is 104 Å². The largest absolute Gasteiger partial charge is 0.493 e. The second-order valence-corrected chi connectivity index (χ2v) is 8.29. The van der Waals surface area contributed by atoms with Gasteiger partial charge in [0.1, 0.15) is 11.5 Å². The highest BCUT2D eigenvalue weighted by Crippen LogP contribution is 2.47. The van der Waals surface area contributed by atoms with E-state index in [-0.39, 0.29) is 29.7 Å². The first-order valence-electron chi connectivity index (χ1n) is 14.4. The van der Waals surface area contributed by atoms with Gasteiger partial charge >= 0.3 is 0 Å². The highest BCUT2D eigenvalue weighted by molar-refractivity contribution is 5.83. The van der Waals surface area contributed by atoms with Crippen molar-refractivity contribution in [2.45, 2.75) is 143 Å². The van der Waals surface area contributed by atoms with Crippen molar-refractivity contribution in [3.63, 3.8) is 0 Å². The van der Waals surface area contributed by atoms with Gasteiger partial charge in [-0.2, -0.15) is 0 Å². The van der Waals surface area contributed by atoms with Crippen LogP contribution in [0.15, 0.2) is 24.3 Å². The number of benzene rings is 2. The van der Waals surface area contributed by atoms with Crippen LogP contribution in [0.4, 0.5) is 0 Å². The van der Waals surface area contributed by atoms with Gasteiger partial charge in [-0.3, -0.25) is 0 Å². The lowest BCUT2D eigenvalue weighted by molar-refractivity contribution is 0.192. The minimum absolute atomic E-state index is 0. The summed E-state index contributed by atoms with van der Waals surface area (Å²) < 4.78 is 12.7. The number of rotatable bonds is 0. The van der Waals surface area contributed by atoms with Crippen molar-refractivity contribution in [2.24, 2.45) is 5.92 Å². The predicted molar refractivity (Wildman–Crippen MR) is 178 cm³/mol. The van der Waals surface area contributed by atoms with Crippen LogP contribution in [-0.4, -0.2) is 13.2 Å². The van der Waals surface area contributed by atoms with Gasteiger partial charge in [-0.15, -0.1) is 0 Å². The van der Waals surface area contributed by atoms with Gasteiger partial charge in [0.25, 0.3) is 0 Å². The minimum atomic E-state index is 0. The molecule has 0 spiro atoms. The van der Waals surface area contributed by atoms with Crippen molar-refractivity contribution in [2.75, 3.05) is 13.2 Å². The van der Waals surface area contributed by atoms with Crippen molar-refractivity contribution in [3.05, 3.63) is 46.5 Å². The van der Waals surface area contributed by atoms with E-state index in [1.807, 2.05) is 55.4 Å². The summed E-state index contributed by atoms with van der Waals surface area (Å²) in [5, 5.41) is 0. The average Bonchev–Trinajstić information content (AvgIpc) is 3.01. The lowest BCUT2D eigenvalue weighted by atomic mass is 9.80. The summed E-state index contributed by atoms with van der Waals surface area (Å²) in [7, 11) is 0. The molecule has 2 aliphatic carbocycles. The van der Waals surface area contributed by atoms with E-state index in [1.165, 1.54) is 84.7 Å². The Morgan fingerprint density at radius 1 is 0.500 bits per heavy atom. The standard InChI is InChI=1S/C24H28O2.4C2H6.4CH4/c1-16-14-25-21-12-10-17-6-2-4-8-19(17)23(21)24-20-9-5-3-7-18(20)11-13-22(24)26-15-16;4*1-2;;;;/h10-13,16H,2-9,14-15H2,1H3;4*1-2H3;4*1H4. The van der Waals surface area contributed by atoms with E-state index >= 15 is 0 Å². The molecule has 224 valence electrons. The molecule has 0 bridgehead atoms. The maximum atomic E-state index is 6.35. The monoisotopic (exact) mass is 533 g/mol. The van der Waals surface area contributed by atoms with Crippen LogP contribution >= 0.6 is 0 Å². The Morgan fingerprint density at radius 3 is 1.16 bits per heavy atom. The number of hydrogen-bond acceptors (Lipinski definition) is 2. The lowest BCUT2D eigenvalue weighted by Crippen LogP contribution is -2.16. The molecule has 0 saturated carbocycles. The average molecular weight is 533 g/mol. The molecule has 2 nitrogen and oxygen atoms in total. The van der Waals surface area contributed by atoms with Gasteiger partial charge in [0.05, 0.1) is 13.2 Å². The van der Waals surface area contributed by atoms with E-state index in [0.717, 1.165) is 24.7 Å². The van der Waals surface area contributed by atoms with Crippen LogP contribution < -0.4 is 9.47 Å². The first kappa shape index (κ1) is 43.1. The summed E-state index contributed by atoms with van der Waals surface area (Å²) in [5.41, 5.74) is 8.78. The van der Waals surface area contributed by atoms with Gasteiger partial charge in [-0.05, 0) is 85.8 Å². The summed E-state index contributed by atoms with van der Waals surface area (Å²) in [5.74, 6) is 2.53. The van der Waals surface area contributed by atoms with Crippen molar-refractivity contribution >= 4 is 0 Å². The second kappa shape index (κ2) is 24.1. The Kier molecular flexibility index (Phi) is 27.3. The zero-order valence-corrected chi connectivity index (χ0v) is 23.8. The van der Waals surface area contributed by atoms with Crippen LogP contribution in [0.1, 0.15) is 140 Å². The SMILES string of the molecule is C.C.C.C.CC.CC.CC.CC.CC1COc2ccc3c(c2-c2c(ccc4c2CCCC4)OC1)CCCC3. The second-order valence-electron chi connectivity index (χ2n) is 8.29. The molecule has 2 heteroatoms. The molecule has 0 radical (unpaired) electrons. The molecule has 2 aromatic carbocycles. The summed E-state index contributed by atoms with van der Waals surface area (Å²) >= 11 is 0. The molecule has 3 aliphatic rings. The molecule has 2 aromatic rings. The number of fused-ring (bicyclic) bond motifs is 7. The smallest absolute Gasteiger partial charge is 0.127 e. The quantitative estimate of drug-likeness (QED) is 0.336. The topological polar surface area (TPSA) is 18.5 Å². The Bertz CT molecular complexity index is 768. The molecule has 1 heterocycles. The van der Waals surface area contributed by atoms with Crippen LogP contribution in [0.3, 0.4) is 0 Å². The molecule has 38 heavy (non-hydrogen) atoms. The fraction of sp³-hybridized carbons (Fsp3) is 0.667. The van der Waals surface area contributed by atoms with Crippen molar-refractivity contribution in [1.29, 1.82) is 0 Å². The summed E-state index contributed by atoms with van der Waals surface area (Å²) in [6.07, 6.45) is 9.91. The third-order valence-corrected chi connectivity index (χ3v) is 6.29. The van der Waals surface area contributed by atoms with Crippen molar-refractivity contribution < 1.29 is 9.47 Å². The molecule has 0 saturated heterocycles. The van der Waals surface area contributed by atoms with Gasteiger partial charge in [0.15, 0.2) is 0 Å². The van der Waals surface area contributed by atoms with E-state index in [4.69, 9.17) is 9.47 Å². The van der Waals surface area contributed by atoms with Gasteiger partial charge in [-0.25, -0.2) is 0 Å². The number of hydrogen-bond donors (Lipinski definition) is 0. The fourth-order valence-electron chi connectivity index (χ4n) is 4.91. The number of ether oxygens (including phenoxy) is 2. The third-order valence-electron chi connectivity index (χ3n) is 6.29. The van der Waals surface area contributed by atoms with E-state index in [2.05, 4.69) is 31.2 Å². The Hall–Kier alpha value is -1.96. The first-order valence-corrected chi connectivity index (χ1v) is 14.4. The highest BCUT2D eigenvalue weighted by atomic mass is 16.5. The molecule has 0 aromatic heterocycles. The highest BCUT2D eigenvalue weighted by Gasteiger charge is 2.27. The van der Waals surface area contributed by atoms with Crippen LogP contribution in [0.5, 0.6) is 11.5 Å². The predicted octanol–water partition coefficient (Wildman–Crippen LogP) is 12.2. The minimum Gasteiger partial charge on any atom is -0.493 e. The zero-order chi connectivity index (χ0) is 25.5. The summed E-state index contributed by atoms with van der Waals surface area (Å²) in [6.45, 7) is 19.7. The zero-order valence-electron chi connectivity index (χ0n) is 23.8. The molecular weight excluding hydrogens is 464 g/mol. The van der Waals surface area contributed by atoms with E-state index in [0.29, 0.717) is 5.92 Å². The molecule has 0 amide bonds. The Morgan fingerprint density at radius 2 is 0.816 bits per heavy atom. The Balaban J connectivity index is -0.000000444. The fourth-order valence-corrected chi connectivity index (χ4v) is 4.91. The van der Waals surface area contributed by atoms with Gasteiger partial charge in [0.2, 0.25) is 0 Å². The molecular formula is C36H68O2. The first-order chi connectivity index (χ1) is 16.8. The summed E-state index contributed by atoms with van der Waals surface area (Å²) in [6, 6.07) is 9.07. The maximum Gasteiger partial charge on any atom is 0.127 e. The molecule has 0 unspecified atom stereocenters. The van der Waals surface area contributed by atoms with E-state index in [9.17, 15) is 0 Å². The Labute approximate surface area is 241 Å². The molecule has 0 atom stereocenters. The van der Waals surface area contributed by atoms with Crippen LogP contribution in [0.2, 0.25) is 0 Å². The number of aryl methyl sites for hydroxylation is 2. The molecule has 1 aliphatic heterocycles. The van der Waals surface area contributed by atoms with Crippen LogP contribution in [0.25, 0.3) is 11.1 Å². The van der Waals surface area contributed by atoms with Crippen molar-refractivity contribution in [1.82, 2.24) is 0 Å². The molecule has 0 N–H and O–H groups in total. The summed E-state index contributed by atoms with van der Waals surface area (Å²) in [4.78, 5) is 0. The normalized spacial score (nSPS) is 13.9. The van der Waals surface area contributed by atoms with Crippen LogP contribution in [0, 0.1) is 5.92 Å². The third kappa shape index (κ3) is 10.3. The van der Waals surface area contributed by atoms with E-state index in [1.54, 1.807) is 0 Å².